The monoisotopic (exact) mass is 435 g/mol. The van der Waals surface area contributed by atoms with Crippen molar-refractivity contribution in [1.82, 2.24) is 15.5 Å². The Kier molecular flexibility index (Phi) is 9.29. The van der Waals surface area contributed by atoms with E-state index in [-0.39, 0.29) is 11.8 Å². The summed E-state index contributed by atoms with van der Waals surface area (Å²) in [6.07, 6.45) is 3.98. The third kappa shape index (κ3) is 7.79. The third-order valence-corrected chi connectivity index (χ3v) is 6.24. The van der Waals surface area contributed by atoms with Gasteiger partial charge in [0.05, 0.1) is 6.42 Å². The van der Waals surface area contributed by atoms with Crippen molar-refractivity contribution >= 4 is 11.8 Å². The molecule has 1 unspecified atom stereocenters. The molecule has 0 spiro atoms. The second-order valence-corrected chi connectivity index (χ2v) is 9.02. The predicted molar refractivity (Wildman–Crippen MR) is 129 cm³/mol. The number of carbonyl (C=O) groups is 2. The van der Waals surface area contributed by atoms with Crippen molar-refractivity contribution < 1.29 is 9.59 Å². The molecule has 5 nitrogen and oxygen atoms in total. The van der Waals surface area contributed by atoms with E-state index < -0.39 is 6.04 Å². The van der Waals surface area contributed by atoms with Gasteiger partial charge in [-0.05, 0) is 56.3 Å². The van der Waals surface area contributed by atoms with Gasteiger partial charge in [0.1, 0.15) is 6.04 Å². The number of aryl methyl sites for hydroxylation is 1. The number of carbonyl (C=O) groups excluding carboxylic acids is 2. The molecule has 3 rings (SSSR count). The molecule has 1 saturated heterocycles. The minimum absolute atomic E-state index is 0.0599. The molecule has 0 saturated carbocycles. The van der Waals surface area contributed by atoms with Crippen LogP contribution in [0.4, 0.5) is 0 Å². The standard InChI is InChI=1S/C27H37N3O2/c1-3-7-25(29-26(31)18-22-8-5-4-6-9-22)27(32)28-19-23-14-16-30(17-15-23)20-24-12-10-21(2)11-13-24/h4-6,8-13,23,25H,3,7,14-20H2,1-2H3,(H,28,32)(H,29,31). The average Bonchev–Trinajstić information content (AvgIpc) is 2.80. The maximum absolute atomic E-state index is 12.8. The zero-order valence-corrected chi connectivity index (χ0v) is 19.5. The highest BCUT2D eigenvalue weighted by Gasteiger charge is 2.23. The first-order chi connectivity index (χ1) is 15.5. The summed E-state index contributed by atoms with van der Waals surface area (Å²) >= 11 is 0. The number of hydrogen-bond donors (Lipinski definition) is 2. The molecule has 1 atom stereocenters. The van der Waals surface area contributed by atoms with Gasteiger partial charge >= 0.3 is 0 Å². The number of piperidine rings is 1. The topological polar surface area (TPSA) is 61.4 Å². The van der Waals surface area contributed by atoms with Crippen LogP contribution in [0.3, 0.4) is 0 Å². The van der Waals surface area contributed by atoms with Crippen LogP contribution < -0.4 is 10.6 Å². The van der Waals surface area contributed by atoms with E-state index in [1.54, 1.807) is 0 Å². The number of amides is 2. The molecule has 32 heavy (non-hydrogen) atoms. The first-order valence-corrected chi connectivity index (χ1v) is 11.9. The minimum Gasteiger partial charge on any atom is -0.354 e. The largest absolute Gasteiger partial charge is 0.354 e. The summed E-state index contributed by atoms with van der Waals surface area (Å²) in [5.74, 6) is 0.333. The molecule has 1 aliphatic heterocycles. The molecule has 1 aliphatic rings. The van der Waals surface area contributed by atoms with Crippen molar-refractivity contribution in [3.05, 3.63) is 71.3 Å². The molecule has 1 heterocycles. The molecule has 0 bridgehead atoms. The number of benzene rings is 2. The summed E-state index contributed by atoms with van der Waals surface area (Å²) in [4.78, 5) is 27.7. The van der Waals surface area contributed by atoms with Gasteiger partial charge in [-0.2, -0.15) is 0 Å². The molecule has 5 heteroatoms. The lowest BCUT2D eigenvalue weighted by Gasteiger charge is -2.32. The minimum atomic E-state index is -0.460. The molecule has 1 fully saturated rings. The molecule has 0 aromatic heterocycles. The van der Waals surface area contributed by atoms with Gasteiger partial charge in [-0.15, -0.1) is 0 Å². The highest BCUT2D eigenvalue weighted by atomic mass is 16.2. The van der Waals surface area contributed by atoms with Crippen molar-refractivity contribution in [2.45, 2.75) is 58.5 Å². The molecule has 2 aromatic carbocycles. The van der Waals surface area contributed by atoms with Crippen molar-refractivity contribution in [2.24, 2.45) is 5.92 Å². The van der Waals surface area contributed by atoms with Gasteiger partial charge in [0.2, 0.25) is 11.8 Å². The fraction of sp³-hybridized carbons (Fsp3) is 0.481. The number of hydrogen-bond acceptors (Lipinski definition) is 3. The fourth-order valence-electron chi connectivity index (χ4n) is 4.25. The summed E-state index contributed by atoms with van der Waals surface area (Å²) in [7, 11) is 0. The normalized spacial score (nSPS) is 15.8. The number of nitrogens with zero attached hydrogens (tertiary/aromatic N) is 1. The SMILES string of the molecule is CCCC(NC(=O)Cc1ccccc1)C(=O)NCC1CCN(Cc2ccc(C)cc2)CC1. The van der Waals surface area contributed by atoms with E-state index in [9.17, 15) is 9.59 Å². The van der Waals surface area contributed by atoms with Crippen molar-refractivity contribution in [3.63, 3.8) is 0 Å². The number of nitrogens with one attached hydrogen (secondary N) is 2. The average molecular weight is 436 g/mol. The number of rotatable bonds is 10. The van der Waals surface area contributed by atoms with Crippen molar-refractivity contribution in [1.29, 1.82) is 0 Å². The molecule has 0 aliphatic carbocycles. The molecule has 2 N–H and O–H groups in total. The Morgan fingerprint density at radius 2 is 1.69 bits per heavy atom. The van der Waals surface area contributed by atoms with E-state index in [4.69, 9.17) is 0 Å². The second kappa shape index (κ2) is 12.4. The van der Waals surface area contributed by atoms with Crippen LogP contribution in [0.25, 0.3) is 0 Å². The van der Waals surface area contributed by atoms with Gasteiger partial charge < -0.3 is 10.6 Å². The van der Waals surface area contributed by atoms with Crippen LogP contribution in [-0.4, -0.2) is 42.4 Å². The molecule has 0 radical (unpaired) electrons. The Labute approximate surface area is 192 Å². The highest BCUT2D eigenvalue weighted by molar-refractivity contribution is 5.88. The lowest BCUT2D eigenvalue weighted by molar-refractivity contribution is -0.129. The van der Waals surface area contributed by atoms with E-state index in [1.807, 2.05) is 37.3 Å². The smallest absolute Gasteiger partial charge is 0.242 e. The summed E-state index contributed by atoms with van der Waals surface area (Å²) in [6.45, 7) is 7.94. The van der Waals surface area contributed by atoms with Crippen LogP contribution in [-0.2, 0) is 22.6 Å². The Hall–Kier alpha value is -2.66. The first kappa shape index (κ1) is 24.0. The van der Waals surface area contributed by atoms with Crippen LogP contribution in [0.2, 0.25) is 0 Å². The van der Waals surface area contributed by atoms with Gasteiger partial charge in [-0.25, -0.2) is 0 Å². The van der Waals surface area contributed by atoms with Gasteiger partial charge in [-0.1, -0.05) is 73.5 Å². The first-order valence-electron chi connectivity index (χ1n) is 11.9. The fourth-order valence-corrected chi connectivity index (χ4v) is 4.25. The molecular formula is C27H37N3O2. The Morgan fingerprint density at radius 1 is 1.00 bits per heavy atom. The van der Waals surface area contributed by atoms with Crippen LogP contribution in [0.15, 0.2) is 54.6 Å². The van der Waals surface area contributed by atoms with E-state index in [0.717, 1.165) is 44.5 Å². The Bertz CT molecular complexity index is 843. The van der Waals surface area contributed by atoms with Gasteiger partial charge in [0.15, 0.2) is 0 Å². The van der Waals surface area contributed by atoms with Crippen LogP contribution >= 0.6 is 0 Å². The van der Waals surface area contributed by atoms with Gasteiger partial charge in [0, 0.05) is 13.1 Å². The molecular weight excluding hydrogens is 398 g/mol. The number of likely N-dealkylation sites (tertiary alicyclic amines) is 1. The van der Waals surface area contributed by atoms with Gasteiger partial charge in [-0.3, -0.25) is 14.5 Å². The van der Waals surface area contributed by atoms with E-state index in [1.165, 1.54) is 11.1 Å². The molecule has 2 amide bonds. The zero-order valence-electron chi connectivity index (χ0n) is 19.5. The Balaban J connectivity index is 1.40. The maximum Gasteiger partial charge on any atom is 0.242 e. The van der Waals surface area contributed by atoms with Crippen LogP contribution in [0, 0.1) is 12.8 Å². The predicted octanol–water partition coefficient (Wildman–Crippen LogP) is 3.85. The van der Waals surface area contributed by atoms with Crippen LogP contribution in [0.5, 0.6) is 0 Å². The lowest BCUT2D eigenvalue weighted by atomic mass is 9.96. The summed E-state index contributed by atoms with van der Waals surface area (Å²) < 4.78 is 0. The third-order valence-electron chi connectivity index (χ3n) is 6.24. The highest BCUT2D eigenvalue weighted by Crippen LogP contribution is 2.19. The summed E-state index contributed by atoms with van der Waals surface area (Å²) in [5.41, 5.74) is 3.61. The Morgan fingerprint density at radius 3 is 2.34 bits per heavy atom. The van der Waals surface area contributed by atoms with E-state index >= 15 is 0 Å². The van der Waals surface area contributed by atoms with Crippen LogP contribution in [0.1, 0.15) is 49.3 Å². The summed E-state index contributed by atoms with van der Waals surface area (Å²) in [6, 6.07) is 17.9. The second-order valence-electron chi connectivity index (χ2n) is 9.02. The van der Waals surface area contributed by atoms with Crippen molar-refractivity contribution in [2.75, 3.05) is 19.6 Å². The quantitative estimate of drug-likeness (QED) is 0.596. The maximum atomic E-state index is 12.8. The van der Waals surface area contributed by atoms with Gasteiger partial charge in [0.25, 0.3) is 0 Å². The summed E-state index contributed by atoms with van der Waals surface area (Å²) in [5, 5.41) is 6.04. The molecule has 2 aromatic rings. The lowest BCUT2D eigenvalue weighted by Crippen LogP contribution is -2.48. The van der Waals surface area contributed by atoms with Crippen molar-refractivity contribution in [3.8, 4) is 0 Å². The van der Waals surface area contributed by atoms with E-state index in [2.05, 4.69) is 46.7 Å². The van der Waals surface area contributed by atoms with E-state index in [0.29, 0.717) is 25.3 Å². The molecule has 172 valence electrons. The zero-order chi connectivity index (χ0) is 22.8.